The van der Waals surface area contributed by atoms with E-state index in [4.69, 9.17) is 16.3 Å². The molecule has 1 aromatic carbocycles. The molecule has 0 aliphatic rings. The number of hydrogen-bond donors (Lipinski definition) is 1. The molecule has 1 heterocycles. The fourth-order valence-corrected chi connectivity index (χ4v) is 2.42. The number of ether oxygens (including phenoxy) is 1. The highest BCUT2D eigenvalue weighted by molar-refractivity contribution is 6.30. The third-order valence-electron chi connectivity index (χ3n) is 3.40. The van der Waals surface area contributed by atoms with E-state index in [2.05, 4.69) is 28.7 Å². The molecule has 2 aromatic rings. The molecule has 0 radical (unpaired) electrons. The van der Waals surface area contributed by atoms with Crippen LogP contribution in [-0.4, -0.2) is 22.7 Å². The zero-order valence-electron chi connectivity index (χ0n) is 13.0. The van der Waals surface area contributed by atoms with Gasteiger partial charge in [0, 0.05) is 29.4 Å². The van der Waals surface area contributed by atoms with Gasteiger partial charge in [-0.25, -0.2) is 4.98 Å². The molecule has 21 heavy (non-hydrogen) atoms. The lowest BCUT2D eigenvalue weighted by molar-refractivity contribution is 0.407. The van der Waals surface area contributed by atoms with Gasteiger partial charge in [0.2, 0.25) is 0 Å². The van der Waals surface area contributed by atoms with Crippen molar-refractivity contribution in [2.45, 2.75) is 39.9 Å². The summed E-state index contributed by atoms with van der Waals surface area (Å²) in [4.78, 5) is 4.42. The second-order valence-electron chi connectivity index (χ2n) is 5.37. The van der Waals surface area contributed by atoms with Crippen LogP contribution in [0.5, 0.6) is 5.75 Å². The van der Waals surface area contributed by atoms with Crippen molar-refractivity contribution < 1.29 is 4.74 Å². The maximum absolute atomic E-state index is 6.10. The first-order valence-corrected chi connectivity index (χ1v) is 7.46. The van der Waals surface area contributed by atoms with E-state index in [1.165, 1.54) is 0 Å². The number of aryl methyl sites for hydroxylation is 1. The minimum absolute atomic E-state index is 0.439. The normalized spacial score (nSPS) is 11.1. The molecule has 1 N–H and O–H groups in total. The van der Waals surface area contributed by atoms with E-state index in [1.54, 1.807) is 7.11 Å². The number of nitrogens with zero attached hydrogens (tertiary/aromatic N) is 2. The van der Waals surface area contributed by atoms with Gasteiger partial charge in [-0.2, -0.15) is 0 Å². The van der Waals surface area contributed by atoms with Crippen molar-refractivity contribution in [3.05, 3.63) is 46.5 Å². The Balaban J connectivity index is 2.27. The first-order valence-electron chi connectivity index (χ1n) is 7.08. The Bertz CT molecular complexity index is 608. The average Bonchev–Trinajstić information content (AvgIpc) is 2.78. The van der Waals surface area contributed by atoms with Crippen molar-refractivity contribution in [1.82, 2.24) is 14.9 Å². The Labute approximate surface area is 131 Å². The molecule has 0 aliphatic heterocycles. The van der Waals surface area contributed by atoms with E-state index in [0.717, 1.165) is 29.4 Å². The van der Waals surface area contributed by atoms with Crippen molar-refractivity contribution in [1.29, 1.82) is 0 Å². The SMILES string of the molecule is COc1ccc(Cl)cc1Cn1c(CNC(C)C)cnc1C. The van der Waals surface area contributed by atoms with E-state index in [1.807, 2.05) is 31.3 Å². The molecular weight excluding hydrogens is 286 g/mol. The minimum atomic E-state index is 0.439. The lowest BCUT2D eigenvalue weighted by Crippen LogP contribution is -2.23. The third-order valence-corrected chi connectivity index (χ3v) is 3.64. The van der Waals surface area contributed by atoms with Gasteiger partial charge in [-0.05, 0) is 25.1 Å². The summed E-state index contributed by atoms with van der Waals surface area (Å²) in [6.07, 6.45) is 1.92. The van der Waals surface area contributed by atoms with E-state index < -0.39 is 0 Å². The number of nitrogens with one attached hydrogen (secondary N) is 1. The third kappa shape index (κ3) is 3.99. The van der Waals surface area contributed by atoms with Crippen LogP contribution >= 0.6 is 11.6 Å². The number of methoxy groups -OCH3 is 1. The van der Waals surface area contributed by atoms with Crippen LogP contribution < -0.4 is 10.1 Å². The number of aromatic nitrogens is 2. The molecule has 0 saturated carbocycles. The van der Waals surface area contributed by atoms with E-state index in [9.17, 15) is 0 Å². The number of hydrogen-bond acceptors (Lipinski definition) is 3. The fourth-order valence-electron chi connectivity index (χ4n) is 2.22. The van der Waals surface area contributed by atoms with Gasteiger partial charge in [-0.1, -0.05) is 25.4 Å². The van der Waals surface area contributed by atoms with Crippen molar-refractivity contribution in [3.8, 4) is 5.75 Å². The summed E-state index contributed by atoms with van der Waals surface area (Å²) in [5.41, 5.74) is 2.21. The van der Waals surface area contributed by atoms with Crippen LogP contribution in [-0.2, 0) is 13.1 Å². The quantitative estimate of drug-likeness (QED) is 0.889. The Morgan fingerprint density at radius 2 is 2.14 bits per heavy atom. The number of rotatable bonds is 6. The van der Waals surface area contributed by atoms with Crippen LogP contribution in [0, 0.1) is 6.92 Å². The van der Waals surface area contributed by atoms with Gasteiger partial charge >= 0.3 is 0 Å². The number of benzene rings is 1. The second kappa shape index (κ2) is 6.96. The minimum Gasteiger partial charge on any atom is -0.496 e. The van der Waals surface area contributed by atoms with Gasteiger partial charge in [0.25, 0.3) is 0 Å². The molecule has 0 atom stereocenters. The second-order valence-corrected chi connectivity index (χ2v) is 5.81. The van der Waals surface area contributed by atoms with E-state index >= 15 is 0 Å². The zero-order valence-corrected chi connectivity index (χ0v) is 13.7. The van der Waals surface area contributed by atoms with Crippen molar-refractivity contribution in [2.75, 3.05) is 7.11 Å². The highest BCUT2D eigenvalue weighted by Crippen LogP contribution is 2.24. The number of halogens is 1. The molecular formula is C16H22ClN3O. The van der Waals surface area contributed by atoms with Crippen molar-refractivity contribution >= 4 is 11.6 Å². The van der Waals surface area contributed by atoms with Crippen molar-refractivity contribution in [3.63, 3.8) is 0 Å². The molecule has 0 amide bonds. The Hall–Kier alpha value is -1.52. The molecule has 0 unspecified atom stereocenters. The van der Waals surface area contributed by atoms with Crippen LogP contribution in [0.2, 0.25) is 5.02 Å². The Kier molecular flexibility index (Phi) is 5.26. The fraction of sp³-hybridized carbons (Fsp3) is 0.438. The van der Waals surface area contributed by atoms with E-state index in [0.29, 0.717) is 17.6 Å². The molecule has 0 spiro atoms. The standard InChI is InChI=1S/C16H22ClN3O/c1-11(2)18-8-15-9-19-12(3)20(15)10-13-7-14(17)5-6-16(13)21-4/h5-7,9,11,18H,8,10H2,1-4H3. The predicted molar refractivity (Wildman–Crippen MR) is 86.0 cm³/mol. The van der Waals surface area contributed by atoms with Crippen LogP contribution in [0.4, 0.5) is 0 Å². The summed E-state index contributed by atoms with van der Waals surface area (Å²) in [5, 5.41) is 4.14. The largest absolute Gasteiger partial charge is 0.496 e. The van der Waals surface area contributed by atoms with Gasteiger partial charge in [0.1, 0.15) is 11.6 Å². The maximum Gasteiger partial charge on any atom is 0.123 e. The lowest BCUT2D eigenvalue weighted by atomic mass is 10.2. The zero-order chi connectivity index (χ0) is 15.4. The smallest absolute Gasteiger partial charge is 0.123 e. The van der Waals surface area contributed by atoms with Gasteiger partial charge in [-0.3, -0.25) is 0 Å². The van der Waals surface area contributed by atoms with Crippen LogP contribution in [0.3, 0.4) is 0 Å². The summed E-state index contributed by atoms with van der Waals surface area (Å²) in [7, 11) is 1.68. The van der Waals surface area contributed by atoms with E-state index in [-0.39, 0.29) is 0 Å². The molecule has 114 valence electrons. The topological polar surface area (TPSA) is 39.1 Å². The molecule has 0 fully saturated rings. The Morgan fingerprint density at radius 1 is 1.38 bits per heavy atom. The van der Waals surface area contributed by atoms with Gasteiger partial charge in [0.15, 0.2) is 0 Å². The summed E-state index contributed by atoms with van der Waals surface area (Å²) >= 11 is 6.10. The highest BCUT2D eigenvalue weighted by atomic mass is 35.5. The van der Waals surface area contributed by atoms with Crippen molar-refractivity contribution in [2.24, 2.45) is 0 Å². The van der Waals surface area contributed by atoms with Gasteiger partial charge in [-0.15, -0.1) is 0 Å². The van der Waals surface area contributed by atoms with Gasteiger partial charge in [0.05, 0.1) is 19.3 Å². The van der Waals surface area contributed by atoms with Gasteiger partial charge < -0.3 is 14.6 Å². The van der Waals surface area contributed by atoms with Crippen LogP contribution in [0.25, 0.3) is 0 Å². The first kappa shape index (κ1) is 15.9. The summed E-state index contributed by atoms with van der Waals surface area (Å²) in [6.45, 7) is 7.77. The molecule has 0 saturated heterocycles. The number of imidazole rings is 1. The molecule has 0 bridgehead atoms. The summed E-state index contributed by atoms with van der Waals surface area (Å²) in [6, 6.07) is 6.12. The maximum atomic E-state index is 6.10. The molecule has 2 rings (SSSR count). The van der Waals surface area contributed by atoms with Crippen LogP contribution in [0.1, 0.15) is 30.9 Å². The molecule has 5 heteroatoms. The lowest BCUT2D eigenvalue weighted by Gasteiger charge is -2.15. The Morgan fingerprint density at radius 3 is 2.81 bits per heavy atom. The average molecular weight is 308 g/mol. The summed E-state index contributed by atoms with van der Waals surface area (Å²) < 4.78 is 7.60. The van der Waals surface area contributed by atoms with Crippen LogP contribution in [0.15, 0.2) is 24.4 Å². The predicted octanol–water partition coefficient (Wildman–Crippen LogP) is 3.40. The molecule has 0 aliphatic carbocycles. The first-order chi connectivity index (χ1) is 10.0. The molecule has 1 aromatic heterocycles. The highest BCUT2D eigenvalue weighted by Gasteiger charge is 2.11. The monoisotopic (exact) mass is 307 g/mol. The molecule has 4 nitrogen and oxygen atoms in total. The summed E-state index contributed by atoms with van der Waals surface area (Å²) in [5.74, 6) is 1.83.